The molecule has 1 heterocycles. The fourth-order valence-corrected chi connectivity index (χ4v) is 4.70. The zero-order chi connectivity index (χ0) is 14.6. The third-order valence-corrected chi connectivity index (χ3v) is 6.36. The molecule has 0 radical (unpaired) electrons. The van der Waals surface area contributed by atoms with E-state index in [1.54, 1.807) is 4.31 Å². The highest BCUT2D eigenvalue weighted by Gasteiger charge is 2.32. The number of sulfonamides is 1. The summed E-state index contributed by atoms with van der Waals surface area (Å²) in [4.78, 5) is 14.1. The van der Waals surface area contributed by atoms with Gasteiger partial charge in [-0.3, -0.25) is 4.79 Å². The van der Waals surface area contributed by atoms with Crippen LogP contribution in [0, 0.1) is 5.92 Å². The average Bonchev–Trinajstić information content (AvgIpc) is 2.99. The Morgan fingerprint density at radius 3 is 2.25 bits per heavy atom. The predicted molar refractivity (Wildman–Crippen MR) is 78.8 cm³/mol. The van der Waals surface area contributed by atoms with E-state index in [0.717, 1.165) is 32.1 Å². The quantitative estimate of drug-likeness (QED) is 0.772. The fraction of sp³-hybridized carbons (Fsp3) is 0.929. The summed E-state index contributed by atoms with van der Waals surface area (Å²) in [6, 6.07) is 0. The van der Waals surface area contributed by atoms with Crippen molar-refractivity contribution in [2.24, 2.45) is 5.92 Å². The van der Waals surface area contributed by atoms with Crippen LogP contribution in [0.25, 0.3) is 0 Å². The Hall–Kier alpha value is -0.620. The molecule has 1 saturated carbocycles. The normalized spacial score (nSPS) is 22.4. The lowest BCUT2D eigenvalue weighted by atomic mass is 10.1. The molecule has 2 fully saturated rings. The van der Waals surface area contributed by atoms with E-state index in [4.69, 9.17) is 0 Å². The summed E-state index contributed by atoms with van der Waals surface area (Å²) in [6.07, 6.45) is 5.92. The lowest BCUT2D eigenvalue weighted by Crippen LogP contribution is -2.52. The van der Waals surface area contributed by atoms with E-state index < -0.39 is 10.0 Å². The molecule has 116 valence electrons. The summed E-state index contributed by atoms with van der Waals surface area (Å²) in [5.41, 5.74) is 0. The van der Waals surface area contributed by atoms with Gasteiger partial charge in [0.1, 0.15) is 0 Å². The van der Waals surface area contributed by atoms with Gasteiger partial charge in [-0.1, -0.05) is 26.2 Å². The molecule has 0 unspecified atom stereocenters. The highest BCUT2D eigenvalue weighted by Crippen LogP contribution is 2.27. The van der Waals surface area contributed by atoms with Crippen molar-refractivity contribution in [2.75, 3.05) is 31.9 Å². The van der Waals surface area contributed by atoms with Gasteiger partial charge in [0.25, 0.3) is 0 Å². The Bertz CT molecular complexity index is 422. The van der Waals surface area contributed by atoms with Crippen LogP contribution in [0.5, 0.6) is 0 Å². The van der Waals surface area contributed by atoms with Gasteiger partial charge in [-0.15, -0.1) is 0 Å². The number of amides is 1. The number of carbonyl (C=O) groups is 1. The van der Waals surface area contributed by atoms with E-state index in [0.29, 0.717) is 32.6 Å². The van der Waals surface area contributed by atoms with Crippen LogP contribution in [0.15, 0.2) is 0 Å². The number of carbonyl (C=O) groups excluding carboxylic acids is 1. The van der Waals surface area contributed by atoms with E-state index in [-0.39, 0.29) is 17.6 Å². The minimum atomic E-state index is -3.12. The van der Waals surface area contributed by atoms with E-state index >= 15 is 0 Å². The zero-order valence-electron chi connectivity index (χ0n) is 12.4. The summed E-state index contributed by atoms with van der Waals surface area (Å²) >= 11 is 0. The Balaban J connectivity index is 1.84. The topological polar surface area (TPSA) is 57.7 Å². The summed E-state index contributed by atoms with van der Waals surface area (Å²) in [5.74, 6) is 0.673. The zero-order valence-corrected chi connectivity index (χ0v) is 13.2. The van der Waals surface area contributed by atoms with Crippen molar-refractivity contribution < 1.29 is 13.2 Å². The lowest BCUT2D eigenvalue weighted by molar-refractivity contribution is -0.136. The van der Waals surface area contributed by atoms with Gasteiger partial charge in [-0.25, -0.2) is 8.42 Å². The van der Waals surface area contributed by atoms with Crippen molar-refractivity contribution in [1.29, 1.82) is 0 Å². The van der Waals surface area contributed by atoms with Gasteiger partial charge in [0.05, 0.1) is 5.75 Å². The SMILES string of the molecule is CCCCS(=O)(=O)N1CCN(C(=O)C2CCCC2)CC1. The number of unbranched alkanes of at least 4 members (excludes halogenated alkanes) is 1. The first-order chi connectivity index (χ1) is 9.54. The maximum atomic E-state index is 12.3. The molecule has 6 heteroatoms. The second-order valence-electron chi connectivity index (χ2n) is 5.88. The summed E-state index contributed by atoms with van der Waals surface area (Å²) < 4.78 is 25.8. The summed E-state index contributed by atoms with van der Waals surface area (Å²) in [5, 5.41) is 0. The van der Waals surface area contributed by atoms with Gasteiger partial charge >= 0.3 is 0 Å². The number of nitrogens with zero attached hydrogens (tertiary/aromatic N) is 2. The van der Waals surface area contributed by atoms with Gasteiger partial charge in [0, 0.05) is 32.1 Å². The van der Waals surface area contributed by atoms with E-state index in [1.807, 2.05) is 11.8 Å². The second kappa shape index (κ2) is 6.89. The van der Waals surface area contributed by atoms with Gasteiger partial charge in [-0.05, 0) is 19.3 Å². The van der Waals surface area contributed by atoms with Crippen LogP contribution in [0.2, 0.25) is 0 Å². The molecular formula is C14H26N2O3S. The van der Waals surface area contributed by atoms with Crippen LogP contribution in [-0.2, 0) is 14.8 Å². The number of rotatable bonds is 5. The minimum Gasteiger partial charge on any atom is -0.340 e. The van der Waals surface area contributed by atoms with Crippen molar-refractivity contribution in [2.45, 2.75) is 45.4 Å². The third-order valence-electron chi connectivity index (χ3n) is 4.40. The molecule has 0 atom stereocenters. The Kier molecular flexibility index (Phi) is 5.43. The number of hydrogen-bond donors (Lipinski definition) is 0. The van der Waals surface area contributed by atoms with Gasteiger partial charge < -0.3 is 4.90 Å². The van der Waals surface area contributed by atoms with Gasteiger partial charge in [0.2, 0.25) is 15.9 Å². The molecule has 1 aliphatic heterocycles. The molecule has 0 aromatic heterocycles. The fourth-order valence-electron chi connectivity index (χ4n) is 3.07. The van der Waals surface area contributed by atoms with Crippen LogP contribution in [-0.4, -0.2) is 55.5 Å². The molecule has 20 heavy (non-hydrogen) atoms. The first-order valence-electron chi connectivity index (χ1n) is 7.81. The molecule has 0 bridgehead atoms. The number of piperazine rings is 1. The molecular weight excluding hydrogens is 276 g/mol. The van der Waals surface area contributed by atoms with Crippen LogP contribution in [0.4, 0.5) is 0 Å². The molecule has 0 N–H and O–H groups in total. The molecule has 0 spiro atoms. The van der Waals surface area contributed by atoms with E-state index in [1.165, 1.54) is 0 Å². The molecule has 2 aliphatic rings. The minimum absolute atomic E-state index is 0.193. The lowest BCUT2D eigenvalue weighted by Gasteiger charge is -2.35. The monoisotopic (exact) mass is 302 g/mol. The molecule has 1 amide bonds. The molecule has 5 nitrogen and oxygen atoms in total. The Morgan fingerprint density at radius 2 is 1.70 bits per heavy atom. The predicted octanol–water partition coefficient (Wildman–Crippen LogP) is 1.45. The highest BCUT2D eigenvalue weighted by molar-refractivity contribution is 7.89. The van der Waals surface area contributed by atoms with Crippen molar-refractivity contribution in [3.8, 4) is 0 Å². The smallest absolute Gasteiger partial charge is 0.225 e. The first kappa shape index (κ1) is 15.8. The van der Waals surface area contributed by atoms with Crippen molar-refractivity contribution in [3.63, 3.8) is 0 Å². The van der Waals surface area contributed by atoms with Gasteiger partial charge in [-0.2, -0.15) is 4.31 Å². The first-order valence-corrected chi connectivity index (χ1v) is 9.42. The highest BCUT2D eigenvalue weighted by atomic mass is 32.2. The van der Waals surface area contributed by atoms with Crippen LogP contribution in [0.3, 0.4) is 0 Å². The molecule has 1 saturated heterocycles. The second-order valence-corrected chi connectivity index (χ2v) is 7.96. The van der Waals surface area contributed by atoms with E-state index in [9.17, 15) is 13.2 Å². The average molecular weight is 302 g/mol. The molecule has 0 aromatic rings. The third kappa shape index (κ3) is 3.73. The Labute approximate surface area is 122 Å². The summed E-state index contributed by atoms with van der Waals surface area (Å²) in [6.45, 7) is 4.03. The maximum absolute atomic E-state index is 12.3. The van der Waals surface area contributed by atoms with Crippen molar-refractivity contribution >= 4 is 15.9 Å². The van der Waals surface area contributed by atoms with Crippen LogP contribution in [0.1, 0.15) is 45.4 Å². The molecule has 2 rings (SSSR count). The van der Waals surface area contributed by atoms with Gasteiger partial charge in [0.15, 0.2) is 0 Å². The van der Waals surface area contributed by atoms with Crippen molar-refractivity contribution in [3.05, 3.63) is 0 Å². The standard InChI is InChI=1S/C14H26N2O3S/c1-2-3-12-20(18,19)16-10-8-15(9-11-16)14(17)13-6-4-5-7-13/h13H,2-12H2,1H3. The molecule has 0 aromatic carbocycles. The maximum Gasteiger partial charge on any atom is 0.225 e. The van der Waals surface area contributed by atoms with Crippen LogP contribution < -0.4 is 0 Å². The largest absolute Gasteiger partial charge is 0.340 e. The van der Waals surface area contributed by atoms with Crippen molar-refractivity contribution in [1.82, 2.24) is 9.21 Å². The van der Waals surface area contributed by atoms with E-state index in [2.05, 4.69) is 0 Å². The molecule has 1 aliphatic carbocycles. The summed E-state index contributed by atoms with van der Waals surface area (Å²) in [7, 11) is -3.12. The number of hydrogen-bond acceptors (Lipinski definition) is 3. The Morgan fingerprint density at radius 1 is 1.10 bits per heavy atom. The van der Waals surface area contributed by atoms with Crippen LogP contribution >= 0.6 is 0 Å².